The first-order valence-corrected chi connectivity index (χ1v) is 6.71. The van der Waals surface area contributed by atoms with Crippen molar-refractivity contribution in [1.82, 2.24) is 25.6 Å². The molecule has 2 rings (SSSR count). The van der Waals surface area contributed by atoms with Crippen molar-refractivity contribution >= 4 is 17.6 Å². The zero-order valence-electron chi connectivity index (χ0n) is 11.6. The Labute approximate surface area is 126 Å². The first-order chi connectivity index (χ1) is 10.0. The van der Waals surface area contributed by atoms with Crippen LogP contribution in [0.1, 0.15) is 24.2 Å². The Balaban J connectivity index is 2.13. The number of amides is 2. The third kappa shape index (κ3) is 3.49. The summed E-state index contributed by atoms with van der Waals surface area (Å²) in [6.07, 6.45) is 1.65. The van der Waals surface area contributed by atoms with Gasteiger partial charge in [-0.2, -0.15) is 0 Å². The molecule has 1 unspecified atom stereocenters. The Hall–Kier alpha value is -2.15. The maximum Gasteiger partial charge on any atom is 0.314 e. The summed E-state index contributed by atoms with van der Waals surface area (Å²) in [6.45, 7) is 2.03. The van der Waals surface area contributed by atoms with Crippen molar-refractivity contribution in [3.63, 3.8) is 0 Å². The lowest BCUT2D eigenvalue weighted by Crippen LogP contribution is -2.32. The Morgan fingerprint density at radius 2 is 2.29 bits per heavy atom. The maximum absolute atomic E-state index is 14.0. The topological polar surface area (TPSA) is 71.8 Å². The standard InChI is InChI=1S/C13H15ClFN5O/c1-8(10-4-3-5-11(14)12(10)15)20-7-9(18-19-20)6-17-13(21)16-2/h3-5,7-8H,6H2,1-2H3,(H2,16,17,21). The molecular formula is C13H15ClFN5O. The van der Waals surface area contributed by atoms with Crippen LogP contribution >= 0.6 is 11.6 Å². The minimum absolute atomic E-state index is 0.0703. The van der Waals surface area contributed by atoms with Crippen molar-refractivity contribution in [2.24, 2.45) is 0 Å². The van der Waals surface area contributed by atoms with E-state index in [9.17, 15) is 9.18 Å². The zero-order valence-corrected chi connectivity index (χ0v) is 12.4. The van der Waals surface area contributed by atoms with Crippen LogP contribution in [-0.2, 0) is 6.54 Å². The van der Waals surface area contributed by atoms with E-state index >= 15 is 0 Å². The van der Waals surface area contributed by atoms with Crippen LogP contribution in [0.2, 0.25) is 5.02 Å². The number of hydrogen-bond acceptors (Lipinski definition) is 3. The largest absolute Gasteiger partial charge is 0.341 e. The summed E-state index contributed by atoms with van der Waals surface area (Å²) in [4.78, 5) is 11.1. The number of urea groups is 1. The first-order valence-electron chi connectivity index (χ1n) is 6.33. The van der Waals surface area contributed by atoms with Crippen LogP contribution in [0.25, 0.3) is 0 Å². The molecule has 1 aromatic heterocycles. The third-order valence-electron chi connectivity index (χ3n) is 3.04. The lowest BCUT2D eigenvalue weighted by molar-refractivity contribution is 0.242. The minimum atomic E-state index is -0.466. The predicted molar refractivity (Wildman–Crippen MR) is 76.5 cm³/mol. The van der Waals surface area contributed by atoms with Crippen molar-refractivity contribution < 1.29 is 9.18 Å². The molecule has 0 aliphatic rings. The molecule has 0 aliphatic heterocycles. The highest BCUT2D eigenvalue weighted by atomic mass is 35.5. The molecule has 0 saturated heterocycles. The summed E-state index contributed by atoms with van der Waals surface area (Å²) in [5, 5.41) is 13.0. The number of aromatic nitrogens is 3. The molecular weight excluding hydrogens is 297 g/mol. The third-order valence-corrected chi connectivity index (χ3v) is 3.34. The summed E-state index contributed by atoms with van der Waals surface area (Å²) in [5.41, 5.74) is 1.01. The number of benzene rings is 1. The monoisotopic (exact) mass is 311 g/mol. The average molecular weight is 312 g/mol. The quantitative estimate of drug-likeness (QED) is 0.908. The fourth-order valence-electron chi connectivity index (χ4n) is 1.83. The van der Waals surface area contributed by atoms with E-state index in [1.165, 1.54) is 17.8 Å². The van der Waals surface area contributed by atoms with Crippen molar-refractivity contribution in [2.75, 3.05) is 7.05 Å². The molecule has 0 bridgehead atoms. The number of carbonyl (C=O) groups excluding carboxylic acids is 1. The molecule has 1 aromatic carbocycles. The van der Waals surface area contributed by atoms with Gasteiger partial charge in [0.25, 0.3) is 0 Å². The first kappa shape index (κ1) is 15.2. The normalized spacial score (nSPS) is 12.0. The van der Waals surface area contributed by atoms with Gasteiger partial charge in [0.05, 0.1) is 23.8 Å². The summed E-state index contributed by atoms with van der Waals surface area (Å²) in [7, 11) is 1.52. The van der Waals surface area contributed by atoms with E-state index in [0.717, 1.165) is 0 Å². The van der Waals surface area contributed by atoms with Gasteiger partial charge in [-0.15, -0.1) is 5.10 Å². The van der Waals surface area contributed by atoms with Crippen molar-refractivity contribution in [2.45, 2.75) is 19.5 Å². The van der Waals surface area contributed by atoms with E-state index < -0.39 is 5.82 Å². The van der Waals surface area contributed by atoms with Gasteiger partial charge in [-0.1, -0.05) is 28.9 Å². The molecule has 0 aliphatic carbocycles. The molecule has 0 radical (unpaired) electrons. The van der Waals surface area contributed by atoms with Gasteiger partial charge in [0.15, 0.2) is 0 Å². The number of halogens is 2. The van der Waals surface area contributed by atoms with Crippen LogP contribution in [0.5, 0.6) is 0 Å². The predicted octanol–water partition coefficient (Wildman–Crippen LogP) is 2.11. The van der Waals surface area contributed by atoms with Crippen LogP contribution in [0.15, 0.2) is 24.4 Å². The molecule has 0 fully saturated rings. The molecule has 1 heterocycles. The number of carbonyl (C=O) groups is 1. The maximum atomic E-state index is 14.0. The molecule has 21 heavy (non-hydrogen) atoms. The van der Waals surface area contributed by atoms with Crippen LogP contribution < -0.4 is 10.6 Å². The fourth-order valence-corrected chi connectivity index (χ4v) is 2.01. The summed E-state index contributed by atoms with van der Waals surface area (Å²) in [6, 6.07) is 4.16. The lowest BCUT2D eigenvalue weighted by Gasteiger charge is -2.13. The Morgan fingerprint density at radius 1 is 1.52 bits per heavy atom. The highest BCUT2D eigenvalue weighted by molar-refractivity contribution is 6.30. The van der Waals surface area contributed by atoms with Crippen LogP contribution in [0.3, 0.4) is 0 Å². The van der Waals surface area contributed by atoms with E-state index in [2.05, 4.69) is 20.9 Å². The number of rotatable bonds is 4. The van der Waals surface area contributed by atoms with Gasteiger partial charge < -0.3 is 10.6 Å². The zero-order chi connectivity index (χ0) is 15.4. The molecule has 1 atom stereocenters. The highest BCUT2D eigenvalue weighted by Crippen LogP contribution is 2.25. The Morgan fingerprint density at radius 3 is 3.00 bits per heavy atom. The van der Waals surface area contributed by atoms with Gasteiger partial charge in [-0.05, 0) is 13.0 Å². The fraction of sp³-hybridized carbons (Fsp3) is 0.308. The van der Waals surface area contributed by atoms with Gasteiger partial charge in [0, 0.05) is 12.6 Å². The molecule has 112 valence electrons. The second-order valence-electron chi connectivity index (χ2n) is 4.44. The molecule has 0 spiro atoms. The minimum Gasteiger partial charge on any atom is -0.341 e. The van der Waals surface area contributed by atoms with Crippen molar-refractivity contribution in [1.29, 1.82) is 0 Å². The van der Waals surface area contributed by atoms with E-state index in [1.807, 2.05) is 0 Å². The molecule has 2 N–H and O–H groups in total. The van der Waals surface area contributed by atoms with E-state index in [4.69, 9.17) is 11.6 Å². The summed E-state index contributed by atoms with van der Waals surface area (Å²) < 4.78 is 15.5. The second kappa shape index (κ2) is 6.53. The van der Waals surface area contributed by atoms with E-state index in [0.29, 0.717) is 11.3 Å². The summed E-state index contributed by atoms with van der Waals surface area (Å²) >= 11 is 5.78. The smallest absolute Gasteiger partial charge is 0.314 e. The van der Waals surface area contributed by atoms with E-state index in [1.54, 1.807) is 25.3 Å². The molecule has 0 saturated carbocycles. The Kier molecular flexibility index (Phi) is 4.74. The number of nitrogens with zero attached hydrogens (tertiary/aromatic N) is 3. The number of nitrogens with one attached hydrogen (secondary N) is 2. The molecule has 8 heteroatoms. The van der Waals surface area contributed by atoms with Gasteiger partial charge in [0.2, 0.25) is 0 Å². The lowest BCUT2D eigenvalue weighted by atomic mass is 10.1. The van der Waals surface area contributed by atoms with Crippen LogP contribution in [0.4, 0.5) is 9.18 Å². The SMILES string of the molecule is CNC(=O)NCc1cn(C(C)c2cccc(Cl)c2F)nn1. The van der Waals surface area contributed by atoms with Gasteiger partial charge in [-0.25, -0.2) is 13.9 Å². The van der Waals surface area contributed by atoms with Crippen molar-refractivity contribution in [3.05, 3.63) is 46.5 Å². The van der Waals surface area contributed by atoms with Gasteiger partial charge in [0.1, 0.15) is 11.5 Å². The molecule has 2 amide bonds. The van der Waals surface area contributed by atoms with Gasteiger partial charge in [-0.3, -0.25) is 0 Å². The van der Waals surface area contributed by atoms with E-state index in [-0.39, 0.29) is 23.6 Å². The van der Waals surface area contributed by atoms with Crippen LogP contribution in [0, 0.1) is 5.82 Å². The van der Waals surface area contributed by atoms with Crippen LogP contribution in [-0.4, -0.2) is 28.1 Å². The second-order valence-corrected chi connectivity index (χ2v) is 4.85. The molecule has 2 aromatic rings. The van der Waals surface area contributed by atoms with Crippen molar-refractivity contribution in [3.8, 4) is 0 Å². The van der Waals surface area contributed by atoms with Gasteiger partial charge >= 0.3 is 6.03 Å². The average Bonchev–Trinajstić information content (AvgIpc) is 2.95. The number of hydrogen-bond donors (Lipinski definition) is 2. The molecule has 6 nitrogen and oxygen atoms in total. The Bertz CT molecular complexity index is 645. The highest BCUT2D eigenvalue weighted by Gasteiger charge is 2.16. The summed E-state index contributed by atoms with van der Waals surface area (Å²) in [5.74, 6) is -0.466.